The van der Waals surface area contributed by atoms with E-state index in [4.69, 9.17) is 0 Å². The molecule has 0 saturated carbocycles. The Labute approximate surface area is 384 Å². The van der Waals surface area contributed by atoms with Gasteiger partial charge < -0.3 is 0 Å². The molecular weight excluding hydrogens is 734 g/mol. The fourth-order valence-electron chi connectivity index (χ4n) is 9.83. The maximum Gasteiger partial charge on any atom is 2.00 e. The minimum absolute atomic E-state index is 0. The SMILES string of the molecule is Cc1cccc([B-](c2cccc(C)c2)(c2cccc(C)c2)c2cccc(C)c2)c1.Cc1cccc([B-](c2cccc(C)c2)(c2cccc(C)c2)c2cccc(C)c2)c1.[Ca+2]. The summed E-state index contributed by atoms with van der Waals surface area (Å²) in [6.45, 7) is 17.5. The number of aryl methyl sites for hydroxylation is 8. The van der Waals surface area contributed by atoms with Crippen molar-refractivity contribution in [1.82, 2.24) is 0 Å². The number of hydrogen-bond donors (Lipinski definition) is 0. The van der Waals surface area contributed by atoms with E-state index >= 15 is 0 Å². The molecule has 0 aromatic heterocycles. The second-order valence-corrected chi connectivity index (χ2v) is 17.0. The van der Waals surface area contributed by atoms with Gasteiger partial charge in [-0.1, -0.05) is 239 Å². The molecule has 0 amide bonds. The smallest absolute Gasteiger partial charge is 0.195 e. The first kappa shape index (κ1) is 43.7. The second-order valence-electron chi connectivity index (χ2n) is 17.0. The predicted octanol–water partition coefficient (Wildman–Crippen LogP) is 8.21. The summed E-state index contributed by atoms with van der Waals surface area (Å²) in [5.74, 6) is 0. The first-order valence-electron chi connectivity index (χ1n) is 20.9. The topological polar surface area (TPSA) is 0 Å². The maximum atomic E-state index is 2.37. The Morgan fingerprint density at radius 3 is 0.424 bits per heavy atom. The van der Waals surface area contributed by atoms with Crippen LogP contribution in [0.4, 0.5) is 0 Å². The van der Waals surface area contributed by atoms with Crippen molar-refractivity contribution in [3.8, 4) is 0 Å². The summed E-state index contributed by atoms with van der Waals surface area (Å²) in [4.78, 5) is 0. The summed E-state index contributed by atoms with van der Waals surface area (Å²) in [6.07, 6.45) is -2.58. The molecular formula is C56H56B2Ca. The Kier molecular flexibility index (Phi) is 14.1. The second kappa shape index (κ2) is 19.0. The zero-order valence-electron chi connectivity index (χ0n) is 36.3. The molecule has 0 saturated heterocycles. The molecule has 0 nitrogen and oxygen atoms in total. The van der Waals surface area contributed by atoms with Gasteiger partial charge in [0.15, 0.2) is 0 Å². The van der Waals surface area contributed by atoms with Crippen LogP contribution in [0.25, 0.3) is 0 Å². The quantitative estimate of drug-likeness (QED) is 0.136. The van der Waals surface area contributed by atoms with E-state index in [-0.39, 0.29) is 37.7 Å². The molecule has 0 heterocycles. The summed E-state index contributed by atoms with van der Waals surface area (Å²) >= 11 is 0. The van der Waals surface area contributed by atoms with Crippen molar-refractivity contribution in [1.29, 1.82) is 0 Å². The third kappa shape index (κ3) is 9.17. The number of rotatable bonds is 8. The third-order valence-corrected chi connectivity index (χ3v) is 12.3. The normalized spacial score (nSPS) is 11.3. The Balaban J connectivity index is 0.000000195. The van der Waals surface area contributed by atoms with Crippen molar-refractivity contribution < 1.29 is 0 Å². The molecule has 59 heavy (non-hydrogen) atoms. The fourth-order valence-corrected chi connectivity index (χ4v) is 9.83. The van der Waals surface area contributed by atoms with Gasteiger partial charge in [0.05, 0.1) is 0 Å². The molecule has 0 aliphatic carbocycles. The molecule has 0 atom stereocenters. The van der Waals surface area contributed by atoms with E-state index in [9.17, 15) is 0 Å². The van der Waals surface area contributed by atoms with Crippen LogP contribution in [0.1, 0.15) is 44.5 Å². The third-order valence-electron chi connectivity index (χ3n) is 12.3. The van der Waals surface area contributed by atoms with E-state index in [0.29, 0.717) is 0 Å². The van der Waals surface area contributed by atoms with Crippen LogP contribution in [0, 0.1) is 55.4 Å². The van der Waals surface area contributed by atoms with Crippen LogP contribution in [0.3, 0.4) is 0 Å². The standard InChI is InChI=1S/2C28H28B.Ca/c2*1-21-9-5-13-25(17-21)29(26-14-6-10-22(2)18-26,27-15-7-11-23(3)19-27)28-16-8-12-24(4)20-28;/h2*5-20H,1-4H3;/q2*-1;+2. The molecule has 288 valence electrons. The van der Waals surface area contributed by atoms with Crippen LogP contribution in [-0.4, -0.2) is 50.0 Å². The van der Waals surface area contributed by atoms with Crippen molar-refractivity contribution in [2.45, 2.75) is 55.4 Å². The van der Waals surface area contributed by atoms with Gasteiger partial charge in [0.2, 0.25) is 0 Å². The Bertz CT molecular complexity index is 2130. The van der Waals surface area contributed by atoms with Gasteiger partial charge in [0, 0.05) is 0 Å². The molecule has 0 fully saturated rings. The summed E-state index contributed by atoms with van der Waals surface area (Å²) in [5, 5.41) is 0. The van der Waals surface area contributed by atoms with Crippen LogP contribution >= 0.6 is 0 Å². The molecule has 0 aliphatic heterocycles. The monoisotopic (exact) mass is 790 g/mol. The van der Waals surface area contributed by atoms with Crippen molar-refractivity contribution in [2.24, 2.45) is 0 Å². The zero-order chi connectivity index (χ0) is 40.9. The van der Waals surface area contributed by atoms with Crippen molar-refractivity contribution >= 4 is 93.7 Å². The van der Waals surface area contributed by atoms with Crippen LogP contribution in [0.5, 0.6) is 0 Å². The van der Waals surface area contributed by atoms with Crippen LogP contribution in [0.15, 0.2) is 194 Å². The summed E-state index contributed by atoms with van der Waals surface area (Å²) in [5.41, 5.74) is 21.3. The van der Waals surface area contributed by atoms with E-state index in [2.05, 4.69) is 250 Å². The van der Waals surface area contributed by atoms with Gasteiger partial charge in [-0.25, -0.2) is 0 Å². The van der Waals surface area contributed by atoms with Gasteiger partial charge in [0.25, 0.3) is 0 Å². The molecule has 8 aromatic rings. The minimum atomic E-state index is -1.29. The predicted molar refractivity (Wildman–Crippen MR) is 264 cm³/mol. The van der Waals surface area contributed by atoms with Gasteiger partial charge in [0.1, 0.15) is 12.3 Å². The van der Waals surface area contributed by atoms with Gasteiger partial charge in [-0.15, -0.1) is 0 Å². The molecule has 8 aromatic carbocycles. The molecule has 8 rings (SSSR count). The summed E-state index contributed by atoms with van der Waals surface area (Å²) < 4.78 is 0. The summed E-state index contributed by atoms with van der Waals surface area (Å²) in [6, 6.07) is 72.5. The largest absolute Gasteiger partial charge is 2.00 e. The average Bonchev–Trinajstić information content (AvgIpc) is 3.19. The first-order chi connectivity index (χ1) is 28.0. The molecule has 0 N–H and O–H groups in total. The van der Waals surface area contributed by atoms with Gasteiger partial charge in [-0.3, -0.25) is 0 Å². The fraction of sp³-hybridized carbons (Fsp3) is 0.143. The minimum Gasteiger partial charge on any atom is -0.195 e. The number of hydrogen-bond acceptors (Lipinski definition) is 0. The van der Waals surface area contributed by atoms with E-state index in [1.54, 1.807) is 0 Å². The molecule has 0 aliphatic rings. The molecule has 0 bridgehead atoms. The zero-order valence-corrected chi connectivity index (χ0v) is 38.5. The van der Waals surface area contributed by atoms with Gasteiger partial charge in [-0.05, 0) is 55.4 Å². The molecule has 3 heteroatoms. The molecule has 0 radical (unpaired) electrons. The van der Waals surface area contributed by atoms with Crippen molar-refractivity contribution in [2.75, 3.05) is 0 Å². The van der Waals surface area contributed by atoms with Crippen molar-refractivity contribution in [3.63, 3.8) is 0 Å². The van der Waals surface area contributed by atoms with Gasteiger partial charge >= 0.3 is 37.7 Å². The van der Waals surface area contributed by atoms with Crippen LogP contribution < -0.4 is 43.7 Å². The van der Waals surface area contributed by atoms with E-state index < -0.39 is 12.3 Å². The first-order valence-corrected chi connectivity index (χ1v) is 20.9. The van der Waals surface area contributed by atoms with Crippen LogP contribution in [0.2, 0.25) is 0 Å². The van der Waals surface area contributed by atoms with E-state index in [0.717, 1.165) is 0 Å². The Morgan fingerprint density at radius 1 is 0.203 bits per heavy atom. The molecule has 0 unspecified atom stereocenters. The van der Waals surface area contributed by atoms with Crippen molar-refractivity contribution in [3.05, 3.63) is 239 Å². The Morgan fingerprint density at radius 2 is 0.322 bits per heavy atom. The maximum absolute atomic E-state index is 2.37. The summed E-state index contributed by atoms with van der Waals surface area (Å²) in [7, 11) is 0. The average molecular weight is 791 g/mol. The molecule has 0 spiro atoms. The van der Waals surface area contributed by atoms with E-state index in [1.807, 2.05) is 0 Å². The number of benzene rings is 8. The Hall–Kier alpha value is -4.85. The van der Waals surface area contributed by atoms with Crippen LogP contribution in [-0.2, 0) is 0 Å². The van der Waals surface area contributed by atoms with E-state index in [1.165, 1.54) is 88.2 Å². The van der Waals surface area contributed by atoms with Gasteiger partial charge in [-0.2, -0.15) is 43.7 Å².